The normalized spacial score (nSPS) is 14.9. The Balaban J connectivity index is 2.29. The van der Waals surface area contributed by atoms with Gasteiger partial charge in [0, 0.05) is 5.56 Å². The minimum absolute atomic E-state index is 0.0430. The lowest BCUT2D eigenvalue weighted by molar-refractivity contribution is -0.114. The zero-order chi connectivity index (χ0) is 9.97. The molecule has 72 valence electrons. The lowest BCUT2D eigenvalue weighted by Crippen LogP contribution is -2.12. The minimum atomic E-state index is -0.0878. The van der Waals surface area contributed by atoms with E-state index in [1.165, 1.54) is 0 Å². The lowest BCUT2D eigenvalue weighted by Gasteiger charge is -2.00. The van der Waals surface area contributed by atoms with Crippen molar-refractivity contribution in [2.24, 2.45) is 5.16 Å². The van der Waals surface area contributed by atoms with Gasteiger partial charge in [-0.15, -0.1) is 0 Å². The minimum Gasteiger partial charge on any atom is -0.497 e. The Bertz CT molecular complexity index is 381. The van der Waals surface area contributed by atoms with Crippen LogP contribution < -0.4 is 4.74 Å². The van der Waals surface area contributed by atoms with Gasteiger partial charge in [0.15, 0.2) is 12.3 Å². The van der Waals surface area contributed by atoms with Crippen molar-refractivity contribution in [1.82, 2.24) is 0 Å². The molecule has 0 saturated carbocycles. The van der Waals surface area contributed by atoms with Gasteiger partial charge in [0.25, 0.3) is 0 Å². The summed E-state index contributed by atoms with van der Waals surface area (Å²) in [5.74, 6) is 0.663. The van der Waals surface area contributed by atoms with Gasteiger partial charge < -0.3 is 9.57 Å². The van der Waals surface area contributed by atoms with Gasteiger partial charge >= 0.3 is 0 Å². The summed E-state index contributed by atoms with van der Waals surface area (Å²) in [7, 11) is 1.59. The molecule has 0 bridgehead atoms. The Labute approximate surface area is 81.1 Å². The molecule has 0 saturated heterocycles. The summed E-state index contributed by atoms with van der Waals surface area (Å²) >= 11 is 0. The predicted octanol–water partition coefficient (Wildman–Crippen LogP) is 0.999. The summed E-state index contributed by atoms with van der Waals surface area (Å²) in [6.07, 6.45) is 0. The van der Waals surface area contributed by atoms with Crippen LogP contribution >= 0.6 is 0 Å². The van der Waals surface area contributed by atoms with Crippen molar-refractivity contribution in [3.63, 3.8) is 0 Å². The second-order valence-electron chi connectivity index (χ2n) is 2.87. The van der Waals surface area contributed by atoms with Crippen LogP contribution in [-0.2, 0) is 9.63 Å². The van der Waals surface area contributed by atoms with E-state index in [4.69, 9.17) is 4.74 Å². The summed E-state index contributed by atoms with van der Waals surface area (Å²) in [6, 6.07) is 7.13. The maximum absolute atomic E-state index is 11.2. The smallest absolute Gasteiger partial charge is 0.225 e. The fourth-order valence-electron chi connectivity index (χ4n) is 1.24. The van der Waals surface area contributed by atoms with Gasteiger partial charge in [-0.2, -0.15) is 0 Å². The number of nitrogens with zero attached hydrogens (tertiary/aromatic N) is 1. The number of benzene rings is 1. The SMILES string of the molecule is COc1ccc(C2=NOCC2=O)cc1. The zero-order valence-corrected chi connectivity index (χ0v) is 7.69. The van der Waals surface area contributed by atoms with Gasteiger partial charge in [-0.1, -0.05) is 5.16 Å². The highest BCUT2D eigenvalue weighted by Gasteiger charge is 2.20. The Morgan fingerprint density at radius 3 is 2.57 bits per heavy atom. The van der Waals surface area contributed by atoms with E-state index in [9.17, 15) is 4.79 Å². The number of hydrogen-bond donors (Lipinski definition) is 0. The first-order valence-corrected chi connectivity index (χ1v) is 4.19. The number of methoxy groups -OCH3 is 1. The molecule has 1 aliphatic rings. The maximum Gasteiger partial charge on any atom is 0.225 e. The summed E-state index contributed by atoms with van der Waals surface area (Å²) in [5, 5.41) is 3.67. The highest BCUT2D eigenvalue weighted by Crippen LogP contribution is 2.14. The second-order valence-corrected chi connectivity index (χ2v) is 2.87. The molecule has 14 heavy (non-hydrogen) atoms. The summed E-state index contributed by atoms with van der Waals surface area (Å²) in [5.41, 5.74) is 1.14. The van der Waals surface area contributed by atoms with Crippen molar-refractivity contribution >= 4 is 11.5 Å². The molecule has 0 radical (unpaired) electrons. The van der Waals surface area contributed by atoms with Gasteiger partial charge in [0.2, 0.25) is 5.78 Å². The number of carbonyl (C=O) groups excluding carboxylic acids is 1. The third-order valence-electron chi connectivity index (χ3n) is 1.98. The first-order chi connectivity index (χ1) is 6.81. The molecule has 1 heterocycles. The van der Waals surface area contributed by atoms with E-state index in [0.29, 0.717) is 5.71 Å². The van der Waals surface area contributed by atoms with Gasteiger partial charge in [-0.05, 0) is 24.3 Å². The van der Waals surface area contributed by atoms with Gasteiger partial charge in [-0.3, -0.25) is 4.79 Å². The van der Waals surface area contributed by atoms with Crippen LogP contribution in [0.2, 0.25) is 0 Å². The molecule has 1 aliphatic heterocycles. The molecule has 0 N–H and O–H groups in total. The largest absolute Gasteiger partial charge is 0.497 e. The molecule has 2 rings (SSSR count). The first kappa shape index (κ1) is 8.74. The van der Waals surface area contributed by atoms with E-state index < -0.39 is 0 Å². The van der Waals surface area contributed by atoms with E-state index in [1.54, 1.807) is 31.4 Å². The topological polar surface area (TPSA) is 47.9 Å². The zero-order valence-electron chi connectivity index (χ0n) is 7.69. The van der Waals surface area contributed by atoms with Gasteiger partial charge in [0.1, 0.15) is 5.75 Å². The van der Waals surface area contributed by atoms with E-state index in [0.717, 1.165) is 11.3 Å². The van der Waals surface area contributed by atoms with E-state index in [2.05, 4.69) is 9.99 Å². The Morgan fingerprint density at radius 1 is 1.36 bits per heavy atom. The van der Waals surface area contributed by atoms with E-state index >= 15 is 0 Å². The van der Waals surface area contributed by atoms with Crippen LogP contribution in [0.15, 0.2) is 29.4 Å². The number of carbonyl (C=O) groups is 1. The van der Waals surface area contributed by atoms with Crippen molar-refractivity contribution in [1.29, 1.82) is 0 Å². The number of ether oxygens (including phenoxy) is 1. The molecule has 1 aromatic carbocycles. The Hall–Kier alpha value is -1.84. The fraction of sp³-hybridized carbons (Fsp3) is 0.200. The summed E-state index contributed by atoms with van der Waals surface area (Å²) in [4.78, 5) is 15.9. The lowest BCUT2D eigenvalue weighted by atomic mass is 10.1. The quantitative estimate of drug-likeness (QED) is 0.700. The van der Waals surface area contributed by atoms with Crippen molar-refractivity contribution in [2.45, 2.75) is 0 Å². The number of ketones is 1. The molecule has 0 fully saturated rings. The molecule has 0 aromatic heterocycles. The molecule has 0 atom stereocenters. The number of oxime groups is 1. The van der Waals surface area contributed by atoms with Crippen LogP contribution in [0.25, 0.3) is 0 Å². The molecular formula is C10H9NO3. The van der Waals surface area contributed by atoms with Crippen molar-refractivity contribution in [3.8, 4) is 5.75 Å². The second kappa shape index (κ2) is 3.49. The highest BCUT2D eigenvalue weighted by atomic mass is 16.6. The molecule has 0 amide bonds. The molecule has 4 heteroatoms. The third kappa shape index (κ3) is 1.46. The number of hydrogen-bond acceptors (Lipinski definition) is 4. The average Bonchev–Trinajstić information content (AvgIpc) is 2.65. The van der Waals surface area contributed by atoms with Crippen LogP contribution in [-0.4, -0.2) is 25.2 Å². The van der Waals surface area contributed by atoms with Crippen LogP contribution in [0.4, 0.5) is 0 Å². The summed E-state index contributed by atoms with van der Waals surface area (Å²) < 4.78 is 5.00. The molecular weight excluding hydrogens is 182 g/mol. The van der Waals surface area contributed by atoms with Crippen molar-refractivity contribution in [2.75, 3.05) is 13.7 Å². The van der Waals surface area contributed by atoms with Gasteiger partial charge in [-0.25, -0.2) is 0 Å². The maximum atomic E-state index is 11.2. The molecule has 0 aliphatic carbocycles. The molecule has 4 nitrogen and oxygen atoms in total. The predicted molar refractivity (Wildman–Crippen MR) is 50.5 cm³/mol. The Kier molecular flexibility index (Phi) is 2.18. The molecule has 0 unspecified atom stereocenters. The molecule has 0 spiro atoms. The van der Waals surface area contributed by atoms with Crippen LogP contribution in [0.5, 0.6) is 5.75 Å². The number of rotatable bonds is 2. The first-order valence-electron chi connectivity index (χ1n) is 4.19. The van der Waals surface area contributed by atoms with Crippen LogP contribution in [0.3, 0.4) is 0 Å². The van der Waals surface area contributed by atoms with E-state index in [-0.39, 0.29) is 12.4 Å². The Morgan fingerprint density at radius 2 is 2.07 bits per heavy atom. The average molecular weight is 191 g/mol. The van der Waals surface area contributed by atoms with Crippen LogP contribution in [0.1, 0.15) is 5.56 Å². The molecule has 1 aromatic rings. The third-order valence-corrected chi connectivity index (χ3v) is 1.98. The van der Waals surface area contributed by atoms with Crippen molar-refractivity contribution in [3.05, 3.63) is 29.8 Å². The standard InChI is InChI=1S/C10H9NO3/c1-13-8-4-2-7(3-5-8)10-9(12)6-14-11-10/h2-5H,6H2,1H3. The number of Topliss-reactive ketones (excluding diaryl/α,β-unsaturated/α-hetero) is 1. The van der Waals surface area contributed by atoms with Crippen molar-refractivity contribution < 1.29 is 14.4 Å². The van der Waals surface area contributed by atoms with Crippen LogP contribution in [0, 0.1) is 0 Å². The fourth-order valence-corrected chi connectivity index (χ4v) is 1.24. The monoisotopic (exact) mass is 191 g/mol. The van der Waals surface area contributed by atoms with Gasteiger partial charge in [0.05, 0.1) is 7.11 Å². The summed E-state index contributed by atoms with van der Waals surface area (Å²) in [6.45, 7) is 0.0430. The highest BCUT2D eigenvalue weighted by molar-refractivity contribution is 6.47. The van der Waals surface area contributed by atoms with E-state index in [1.807, 2.05) is 0 Å².